The summed E-state index contributed by atoms with van der Waals surface area (Å²) in [7, 11) is 0. The molecule has 39 heavy (non-hydrogen) atoms. The standard InChI is InChI=1S/C25H25N7O7/c26-16-12-14(4-5-18(16)32(38)39)30-10-8-29(9-11-30)13-21(34)27-17-3-1-2-15-22(17)25(37)31(24(15)36)19-6-7-20(33)28-23(19)35/h1-5,12,19H,6-11,13,26H2,(H,27,34)(H,28,33,35). The van der Waals surface area contributed by atoms with Crippen molar-refractivity contribution in [3.8, 4) is 0 Å². The van der Waals surface area contributed by atoms with Crippen molar-refractivity contribution in [1.29, 1.82) is 0 Å². The second kappa shape index (κ2) is 10.1. The number of nitrogen functional groups attached to an aromatic ring is 1. The first-order chi connectivity index (χ1) is 18.6. The SMILES string of the molecule is Nc1cc(N2CCN(CC(=O)Nc3cccc4c3C(=O)N(C3CCC(=O)NC3=O)C4=O)CC2)ccc1[N+](=O)[O-]. The Kier molecular flexibility index (Phi) is 6.70. The highest BCUT2D eigenvalue weighted by Crippen LogP contribution is 2.32. The summed E-state index contributed by atoms with van der Waals surface area (Å²) in [6.07, 6.45) is 0.0501. The van der Waals surface area contributed by atoms with Gasteiger partial charge in [-0.3, -0.25) is 49.2 Å². The third-order valence-corrected chi connectivity index (χ3v) is 7.05. The number of hydrogen-bond acceptors (Lipinski definition) is 10. The smallest absolute Gasteiger partial charge is 0.292 e. The van der Waals surface area contributed by atoms with Crippen LogP contribution in [-0.4, -0.2) is 83.0 Å². The fourth-order valence-electron chi connectivity index (χ4n) is 5.08. The maximum absolute atomic E-state index is 13.2. The molecule has 0 bridgehead atoms. The van der Waals surface area contributed by atoms with Gasteiger partial charge in [0, 0.05) is 44.4 Å². The van der Waals surface area contributed by atoms with Crippen molar-refractivity contribution in [2.75, 3.05) is 48.7 Å². The molecule has 3 aliphatic heterocycles. The topological polar surface area (TPSA) is 188 Å². The number of amides is 5. The fraction of sp³-hybridized carbons (Fsp3) is 0.320. The highest BCUT2D eigenvalue weighted by Gasteiger charge is 2.45. The number of hydrogen-bond donors (Lipinski definition) is 3. The minimum Gasteiger partial charge on any atom is -0.393 e. The van der Waals surface area contributed by atoms with E-state index in [4.69, 9.17) is 5.73 Å². The van der Waals surface area contributed by atoms with Crippen LogP contribution in [0.3, 0.4) is 0 Å². The van der Waals surface area contributed by atoms with Crippen molar-refractivity contribution in [2.24, 2.45) is 0 Å². The molecule has 0 aliphatic carbocycles. The van der Waals surface area contributed by atoms with Crippen LogP contribution in [0.25, 0.3) is 0 Å². The summed E-state index contributed by atoms with van der Waals surface area (Å²) in [4.78, 5) is 78.1. The number of fused-ring (bicyclic) bond motifs is 1. The van der Waals surface area contributed by atoms with Crippen molar-refractivity contribution in [3.05, 3.63) is 57.6 Å². The molecule has 3 heterocycles. The lowest BCUT2D eigenvalue weighted by atomic mass is 10.0. The maximum atomic E-state index is 13.2. The van der Waals surface area contributed by atoms with Gasteiger partial charge in [-0.05, 0) is 30.7 Å². The Balaban J connectivity index is 1.21. The number of carbonyl (C=O) groups is 5. The zero-order chi connectivity index (χ0) is 27.8. The number of nitrogens with one attached hydrogen (secondary N) is 2. The van der Waals surface area contributed by atoms with Crippen molar-refractivity contribution in [2.45, 2.75) is 18.9 Å². The van der Waals surface area contributed by atoms with E-state index >= 15 is 0 Å². The quantitative estimate of drug-likeness (QED) is 0.201. The molecule has 1 atom stereocenters. The molecule has 2 fully saturated rings. The fourth-order valence-corrected chi connectivity index (χ4v) is 5.08. The number of imide groups is 2. The number of benzene rings is 2. The molecular weight excluding hydrogens is 510 g/mol. The Morgan fingerprint density at radius 1 is 1.08 bits per heavy atom. The first kappa shape index (κ1) is 25.8. The Morgan fingerprint density at radius 2 is 1.82 bits per heavy atom. The van der Waals surface area contributed by atoms with Gasteiger partial charge in [0.05, 0.1) is 28.3 Å². The molecule has 0 radical (unpaired) electrons. The van der Waals surface area contributed by atoms with Gasteiger partial charge in [-0.2, -0.15) is 0 Å². The molecule has 4 N–H and O–H groups in total. The Hall–Kier alpha value is -4.85. The molecule has 2 aromatic rings. The van der Waals surface area contributed by atoms with Gasteiger partial charge in [0.2, 0.25) is 17.7 Å². The summed E-state index contributed by atoms with van der Waals surface area (Å²) in [5.41, 5.74) is 6.76. The lowest BCUT2D eigenvalue weighted by Gasteiger charge is -2.35. The second-order valence-corrected chi connectivity index (χ2v) is 9.49. The van der Waals surface area contributed by atoms with Crippen LogP contribution < -0.4 is 21.3 Å². The van der Waals surface area contributed by atoms with E-state index in [-0.39, 0.29) is 53.5 Å². The van der Waals surface area contributed by atoms with Gasteiger partial charge in [0.15, 0.2) is 0 Å². The summed E-state index contributed by atoms with van der Waals surface area (Å²) in [6.45, 7) is 2.26. The van der Waals surface area contributed by atoms with Crippen LogP contribution in [-0.2, 0) is 14.4 Å². The highest BCUT2D eigenvalue weighted by atomic mass is 16.6. The Bertz CT molecular complexity index is 1420. The van der Waals surface area contributed by atoms with E-state index in [0.717, 1.165) is 10.6 Å². The molecule has 5 amide bonds. The number of nitro benzene ring substituents is 1. The van der Waals surface area contributed by atoms with Gasteiger partial charge in [0.25, 0.3) is 17.5 Å². The lowest BCUT2D eigenvalue weighted by molar-refractivity contribution is -0.383. The van der Waals surface area contributed by atoms with Gasteiger partial charge in [-0.25, -0.2) is 0 Å². The monoisotopic (exact) mass is 535 g/mol. The Labute approximate surface area is 221 Å². The van der Waals surface area contributed by atoms with E-state index in [1.165, 1.54) is 18.2 Å². The number of nitro groups is 1. The van der Waals surface area contributed by atoms with Crippen LogP contribution in [0.15, 0.2) is 36.4 Å². The summed E-state index contributed by atoms with van der Waals surface area (Å²) >= 11 is 0. The highest BCUT2D eigenvalue weighted by molar-refractivity contribution is 6.26. The third-order valence-electron chi connectivity index (χ3n) is 7.05. The van der Waals surface area contributed by atoms with Gasteiger partial charge in [-0.1, -0.05) is 6.07 Å². The predicted molar refractivity (Wildman–Crippen MR) is 138 cm³/mol. The molecule has 0 aromatic heterocycles. The van der Waals surface area contributed by atoms with Crippen LogP contribution in [0.4, 0.5) is 22.7 Å². The second-order valence-electron chi connectivity index (χ2n) is 9.49. The van der Waals surface area contributed by atoms with Crippen LogP contribution in [0, 0.1) is 10.1 Å². The Morgan fingerprint density at radius 3 is 2.49 bits per heavy atom. The first-order valence-electron chi connectivity index (χ1n) is 12.3. The van der Waals surface area contributed by atoms with Gasteiger partial charge in [0.1, 0.15) is 11.7 Å². The molecule has 0 saturated carbocycles. The van der Waals surface area contributed by atoms with Crippen molar-refractivity contribution < 1.29 is 28.9 Å². The van der Waals surface area contributed by atoms with Crippen LogP contribution in [0.1, 0.15) is 33.6 Å². The van der Waals surface area contributed by atoms with E-state index in [0.29, 0.717) is 26.2 Å². The number of carbonyl (C=O) groups excluding carboxylic acids is 5. The average Bonchev–Trinajstić information content (AvgIpc) is 3.14. The molecule has 0 spiro atoms. The minimum absolute atomic E-state index is 0.0121. The minimum atomic E-state index is -1.10. The van der Waals surface area contributed by atoms with E-state index in [1.54, 1.807) is 18.2 Å². The van der Waals surface area contributed by atoms with E-state index in [9.17, 15) is 34.1 Å². The van der Waals surface area contributed by atoms with Gasteiger partial charge >= 0.3 is 0 Å². The van der Waals surface area contributed by atoms with E-state index < -0.39 is 34.6 Å². The third kappa shape index (κ3) is 4.88. The summed E-state index contributed by atoms with van der Waals surface area (Å²) < 4.78 is 0. The number of rotatable bonds is 6. The van der Waals surface area contributed by atoms with Crippen molar-refractivity contribution in [1.82, 2.24) is 15.1 Å². The van der Waals surface area contributed by atoms with Crippen molar-refractivity contribution in [3.63, 3.8) is 0 Å². The average molecular weight is 536 g/mol. The van der Waals surface area contributed by atoms with Crippen LogP contribution in [0.5, 0.6) is 0 Å². The number of nitrogens with two attached hydrogens (primary N) is 1. The summed E-state index contributed by atoms with van der Waals surface area (Å²) in [5, 5.41) is 15.9. The zero-order valence-electron chi connectivity index (χ0n) is 20.7. The largest absolute Gasteiger partial charge is 0.393 e. The van der Waals surface area contributed by atoms with Crippen LogP contribution in [0.2, 0.25) is 0 Å². The molecular formula is C25H25N7O7. The molecule has 5 rings (SSSR count). The number of piperazine rings is 1. The summed E-state index contributed by atoms with van der Waals surface area (Å²) in [5.74, 6) is -2.89. The maximum Gasteiger partial charge on any atom is 0.292 e. The van der Waals surface area contributed by atoms with Crippen molar-refractivity contribution >= 4 is 52.3 Å². The molecule has 14 nitrogen and oxygen atoms in total. The molecule has 3 aliphatic rings. The lowest BCUT2D eigenvalue weighted by Crippen LogP contribution is -2.54. The van der Waals surface area contributed by atoms with E-state index in [2.05, 4.69) is 10.6 Å². The normalized spacial score (nSPS) is 19.6. The number of nitrogens with zero attached hydrogens (tertiary/aromatic N) is 4. The summed E-state index contributed by atoms with van der Waals surface area (Å²) in [6, 6.07) is 8.00. The van der Waals surface area contributed by atoms with Crippen LogP contribution >= 0.6 is 0 Å². The number of anilines is 3. The number of piperidine rings is 1. The molecule has 14 heteroatoms. The van der Waals surface area contributed by atoms with E-state index in [1.807, 2.05) is 9.80 Å². The van der Waals surface area contributed by atoms with Gasteiger partial charge in [-0.15, -0.1) is 0 Å². The zero-order valence-corrected chi connectivity index (χ0v) is 20.7. The molecule has 202 valence electrons. The van der Waals surface area contributed by atoms with Gasteiger partial charge < -0.3 is 16.0 Å². The predicted octanol–water partition coefficient (Wildman–Crippen LogP) is 0.339. The first-order valence-corrected chi connectivity index (χ1v) is 12.3. The molecule has 2 saturated heterocycles. The molecule has 2 aromatic carbocycles. The molecule has 1 unspecified atom stereocenters.